The molecule has 2 heterocycles. The van der Waals surface area contributed by atoms with Crippen molar-refractivity contribution in [2.75, 3.05) is 33.3 Å². The summed E-state index contributed by atoms with van der Waals surface area (Å²) in [6, 6.07) is 9.77. The van der Waals surface area contributed by atoms with Crippen LogP contribution < -0.4 is 5.32 Å². The molecule has 4 unspecified atom stereocenters. The quantitative estimate of drug-likeness (QED) is 0.748. The monoisotopic (exact) mass is 348 g/mol. The van der Waals surface area contributed by atoms with Gasteiger partial charge in [-0.25, -0.2) is 0 Å². The lowest BCUT2D eigenvalue weighted by molar-refractivity contribution is -0.210. The second-order valence-corrected chi connectivity index (χ2v) is 6.87. The number of ketones is 1. The molecular formula is C19H28N2O4. The first-order valence-corrected chi connectivity index (χ1v) is 9.03. The molecule has 0 aromatic heterocycles. The van der Waals surface area contributed by atoms with Crippen LogP contribution in [0.15, 0.2) is 30.3 Å². The van der Waals surface area contributed by atoms with Crippen LogP contribution in [-0.2, 0) is 20.9 Å². The summed E-state index contributed by atoms with van der Waals surface area (Å²) in [5, 5.41) is 13.8. The van der Waals surface area contributed by atoms with Gasteiger partial charge in [-0.1, -0.05) is 30.3 Å². The van der Waals surface area contributed by atoms with Gasteiger partial charge in [0.05, 0.1) is 12.7 Å². The van der Waals surface area contributed by atoms with Crippen molar-refractivity contribution in [3.63, 3.8) is 0 Å². The Bertz CT molecular complexity index is 554. The zero-order valence-corrected chi connectivity index (χ0v) is 14.8. The molecule has 6 heteroatoms. The Balaban J connectivity index is 1.58. The number of ether oxygens (including phenoxy) is 2. The highest BCUT2D eigenvalue weighted by Crippen LogP contribution is 2.29. The highest BCUT2D eigenvalue weighted by molar-refractivity contribution is 5.82. The van der Waals surface area contributed by atoms with Crippen molar-refractivity contribution in [3.05, 3.63) is 35.9 Å². The second kappa shape index (κ2) is 8.87. The van der Waals surface area contributed by atoms with Crippen molar-refractivity contribution in [2.24, 2.45) is 11.8 Å². The summed E-state index contributed by atoms with van der Waals surface area (Å²) in [5.74, 6) is 0.291. The third-order valence-corrected chi connectivity index (χ3v) is 5.33. The molecule has 2 N–H and O–H groups in total. The molecule has 1 aromatic rings. The van der Waals surface area contributed by atoms with E-state index in [9.17, 15) is 9.90 Å². The molecule has 0 spiro atoms. The Hall–Kier alpha value is -1.31. The highest BCUT2D eigenvalue weighted by Gasteiger charge is 2.40. The Labute approximate surface area is 149 Å². The predicted octanol–water partition coefficient (Wildman–Crippen LogP) is 0.995. The van der Waals surface area contributed by atoms with Crippen LogP contribution in [-0.4, -0.2) is 61.6 Å². The predicted molar refractivity (Wildman–Crippen MR) is 93.7 cm³/mol. The molecule has 2 aliphatic rings. The minimum Gasteiger partial charge on any atom is -0.381 e. The summed E-state index contributed by atoms with van der Waals surface area (Å²) >= 11 is 0. The van der Waals surface area contributed by atoms with E-state index < -0.39 is 6.41 Å². The van der Waals surface area contributed by atoms with Crippen LogP contribution in [0.2, 0.25) is 0 Å². The largest absolute Gasteiger partial charge is 0.381 e. The summed E-state index contributed by atoms with van der Waals surface area (Å²) in [6.07, 6.45) is 0.465. The van der Waals surface area contributed by atoms with E-state index in [4.69, 9.17) is 9.47 Å². The molecule has 4 atom stereocenters. The van der Waals surface area contributed by atoms with Crippen molar-refractivity contribution in [1.29, 1.82) is 0 Å². The van der Waals surface area contributed by atoms with Crippen LogP contribution in [0.1, 0.15) is 18.4 Å². The number of carbonyl (C=O) groups is 1. The van der Waals surface area contributed by atoms with E-state index in [0.29, 0.717) is 26.1 Å². The molecule has 0 amide bonds. The molecule has 0 saturated carbocycles. The topological polar surface area (TPSA) is 71.0 Å². The van der Waals surface area contributed by atoms with Gasteiger partial charge in [-0.15, -0.1) is 0 Å². The summed E-state index contributed by atoms with van der Waals surface area (Å²) < 4.78 is 11.2. The molecule has 1 aromatic carbocycles. The van der Waals surface area contributed by atoms with Crippen molar-refractivity contribution in [2.45, 2.75) is 32.0 Å². The first-order chi connectivity index (χ1) is 12.2. The van der Waals surface area contributed by atoms with Crippen molar-refractivity contribution >= 4 is 5.78 Å². The van der Waals surface area contributed by atoms with E-state index in [0.717, 1.165) is 25.1 Å². The molecular weight excluding hydrogens is 320 g/mol. The van der Waals surface area contributed by atoms with E-state index in [-0.39, 0.29) is 23.7 Å². The number of aliphatic hydroxyl groups is 1. The lowest BCUT2D eigenvalue weighted by atomic mass is 9.78. The van der Waals surface area contributed by atoms with Gasteiger partial charge < -0.3 is 19.9 Å². The van der Waals surface area contributed by atoms with Crippen molar-refractivity contribution in [1.82, 2.24) is 10.2 Å². The van der Waals surface area contributed by atoms with Crippen LogP contribution in [0.4, 0.5) is 0 Å². The number of rotatable bonds is 6. The fraction of sp³-hybridized carbons (Fsp3) is 0.632. The van der Waals surface area contributed by atoms with Gasteiger partial charge >= 0.3 is 0 Å². The minimum absolute atomic E-state index is 0.0949. The number of likely N-dealkylation sites (tertiary alicyclic amines) is 1. The Kier molecular flexibility index (Phi) is 6.56. The first kappa shape index (κ1) is 18.5. The Morgan fingerprint density at radius 1 is 1.36 bits per heavy atom. The molecule has 3 rings (SSSR count). The number of hydrogen-bond donors (Lipinski definition) is 2. The number of benzene rings is 1. The van der Waals surface area contributed by atoms with Gasteiger partial charge in [-0.05, 0) is 18.5 Å². The number of piperidine rings is 2. The average Bonchev–Trinajstić information content (AvgIpc) is 2.67. The van der Waals surface area contributed by atoms with Gasteiger partial charge in [0, 0.05) is 45.0 Å². The van der Waals surface area contributed by atoms with Crippen LogP contribution in [0.25, 0.3) is 0 Å². The number of aliphatic hydroxyl groups excluding tert-OH is 1. The number of carbonyl (C=O) groups excluding carboxylic acids is 1. The summed E-state index contributed by atoms with van der Waals surface area (Å²) in [4.78, 5) is 14.3. The van der Waals surface area contributed by atoms with Crippen LogP contribution >= 0.6 is 0 Å². The molecule has 0 aliphatic carbocycles. The minimum atomic E-state index is -0.992. The fourth-order valence-electron chi connectivity index (χ4n) is 3.86. The molecule has 2 fully saturated rings. The van der Waals surface area contributed by atoms with Gasteiger partial charge in [0.15, 0.2) is 0 Å². The molecule has 6 nitrogen and oxygen atoms in total. The van der Waals surface area contributed by atoms with E-state index in [1.807, 2.05) is 35.2 Å². The van der Waals surface area contributed by atoms with Crippen molar-refractivity contribution < 1.29 is 19.4 Å². The number of hydrogen-bond acceptors (Lipinski definition) is 6. The number of methoxy groups -OCH3 is 1. The zero-order valence-electron chi connectivity index (χ0n) is 14.8. The summed E-state index contributed by atoms with van der Waals surface area (Å²) in [5.41, 5.74) is 1.02. The van der Waals surface area contributed by atoms with E-state index in [2.05, 4.69) is 5.32 Å². The van der Waals surface area contributed by atoms with Gasteiger partial charge in [0.25, 0.3) is 0 Å². The number of nitrogens with zero attached hydrogens (tertiary/aromatic N) is 1. The molecule has 138 valence electrons. The summed E-state index contributed by atoms with van der Waals surface area (Å²) in [7, 11) is 1.71. The first-order valence-electron chi connectivity index (χ1n) is 9.03. The van der Waals surface area contributed by atoms with Crippen LogP contribution in [0.5, 0.6) is 0 Å². The van der Waals surface area contributed by atoms with Gasteiger partial charge in [-0.3, -0.25) is 9.69 Å². The molecule has 0 radical (unpaired) electrons. The molecule has 2 saturated heterocycles. The molecule has 2 aliphatic heterocycles. The fourth-order valence-corrected chi connectivity index (χ4v) is 3.86. The third-order valence-electron chi connectivity index (χ3n) is 5.33. The lowest BCUT2D eigenvalue weighted by Gasteiger charge is -2.41. The summed E-state index contributed by atoms with van der Waals surface area (Å²) in [6.45, 7) is 3.10. The maximum absolute atomic E-state index is 12.5. The number of Topliss-reactive ketones (excluding diaryl/α,β-unsaturated/α-hetero) is 1. The van der Waals surface area contributed by atoms with Crippen molar-refractivity contribution in [3.8, 4) is 0 Å². The Morgan fingerprint density at radius 2 is 2.16 bits per heavy atom. The van der Waals surface area contributed by atoms with Gasteiger partial charge in [0.1, 0.15) is 5.78 Å². The average molecular weight is 348 g/mol. The highest BCUT2D eigenvalue weighted by atomic mass is 16.6. The SMILES string of the molecule is COC1CCNCC1C1CN(C(O)OCc2ccccc2)CCC1=O. The standard InChI is InChI=1S/C19H28N2O4/c1-24-18-7-9-20-11-15(18)16-12-21(10-8-17(16)22)19(23)25-13-14-5-3-2-4-6-14/h2-6,15-16,18-20,23H,7-13H2,1H3. The maximum atomic E-state index is 12.5. The normalized spacial score (nSPS) is 29.5. The Morgan fingerprint density at radius 3 is 2.92 bits per heavy atom. The van der Waals surface area contributed by atoms with E-state index >= 15 is 0 Å². The van der Waals surface area contributed by atoms with Gasteiger partial charge in [-0.2, -0.15) is 0 Å². The zero-order chi connectivity index (χ0) is 17.6. The maximum Gasteiger partial charge on any atom is 0.216 e. The third kappa shape index (κ3) is 4.65. The van der Waals surface area contributed by atoms with Gasteiger partial charge in [0.2, 0.25) is 6.41 Å². The second-order valence-electron chi connectivity index (χ2n) is 6.87. The van der Waals surface area contributed by atoms with E-state index in [1.165, 1.54) is 0 Å². The van der Waals surface area contributed by atoms with Crippen LogP contribution in [0, 0.1) is 11.8 Å². The smallest absolute Gasteiger partial charge is 0.216 e. The molecule has 0 bridgehead atoms. The van der Waals surface area contributed by atoms with E-state index in [1.54, 1.807) is 7.11 Å². The van der Waals surface area contributed by atoms with Crippen LogP contribution in [0.3, 0.4) is 0 Å². The number of nitrogens with one attached hydrogen (secondary N) is 1. The lowest BCUT2D eigenvalue weighted by Crippen LogP contribution is -2.54. The molecule has 25 heavy (non-hydrogen) atoms.